The van der Waals surface area contributed by atoms with Crippen molar-refractivity contribution < 1.29 is 5.11 Å². The van der Waals surface area contributed by atoms with E-state index in [0.29, 0.717) is 0 Å². The average molecular weight is 96.1 g/mol. The number of hydrogen-bond donors (Lipinski definition) is 1. The summed E-state index contributed by atoms with van der Waals surface area (Å²) in [6.45, 7) is 0. The minimum Gasteiger partial charge on any atom is -0.389 e. The van der Waals surface area contributed by atoms with Gasteiger partial charge in [-0.1, -0.05) is 24.3 Å². The molecule has 0 saturated heterocycles. The molecular weight excluding hydrogens is 88.1 g/mol. The van der Waals surface area contributed by atoms with Crippen molar-refractivity contribution in [1.82, 2.24) is 0 Å². The first kappa shape index (κ1) is 4.60. The summed E-state index contributed by atoms with van der Waals surface area (Å²) in [5, 5.41) is 8.77. The first-order valence-corrected chi connectivity index (χ1v) is 2.41. The van der Waals surface area contributed by atoms with E-state index in [1.807, 2.05) is 18.2 Å². The molecule has 0 bridgehead atoms. The molecule has 1 aliphatic rings. The van der Waals surface area contributed by atoms with Crippen molar-refractivity contribution in [3.05, 3.63) is 24.3 Å². The van der Waals surface area contributed by atoms with Crippen LogP contribution in [0.4, 0.5) is 0 Å². The Morgan fingerprint density at radius 3 is 2.57 bits per heavy atom. The van der Waals surface area contributed by atoms with Crippen LogP contribution in [-0.4, -0.2) is 11.2 Å². The molecule has 7 heavy (non-hydrogen) atoms. The highest BCUT2D eigenvalue weighted by molar-refractivity contribution is 5.11. The van der Waals surface area contributed by atoms with Gasteiger partial charge in [0.15, 0.2) is 0 Å². The quantitative estimate of drug-likeness (QED) is 0.474. The third-order valence-electron chi connectivity index (χ3n) is 0.958. The van der Waals surface area contributed by atoms with Gasteiger partial charge in [0.2, 0.25) is 0 Å². The molecule has 0 spiro atoms. The van der Waals surface area contributed by atoms with Gasteiger partial charge in [-0.05, 0) is 6.42 Å². The van der Waals surface area contributed by atoms with Gasteiger partial charge < -0.3 is 5.11 Å². The van der Waals surface area contributed by atoms with Crippen LogP contribution < -0.4 is 0 Å². The molecule has 0 aliphatic heterocycles. The van der Waals surface area contributed by atoms with E-state index < -0.39 is 0 Å². The predicted molar refractivity (Wildman–Crippen MR) is 28.9 cm³/mol. The van der Waals surface area contributed by atoms with Crippen LogP contribution in [0.5, 0.6) is 0 Å². The summed E-state index contributed by atoms with van der Waals surface area (Å²) in [5.74, 6) is 0. The van der Waals surface area contributed by atoms with Crippen molar-refractivity contribution in [3.63, 3.8) is 0 Å². The summed E-state index contributed by atoms with van der Waals surface area (Å²) < 4.78 is 0. The summed E-state index contributed by atoms with van der Waals surface area (Å²) in [7, 11) is 0. The van der Waals surface area contributed by atoms with Crippen molar-refractivity contribution in [2.45, 2.75) is 12.5 Å². The fraction of sp³-hybridized carbons (Fsp3) is 0.333. The van der Waals surface area contributed by atoms with Gasteiger partial charge in [-0.15, -0.1) is 0 Å². The third-order valence-corrected chi connectivity index (χ3v) is 0.958. The lowest BCUT2D eigenvalue weighted by Gasteiger charge is -2.01. The van der Waals surface area contributed by atoms with E-state index in [1.54, 1.807) is 6.08 Å². The Morgan fingerprint density at radius 1 is 1.43 bits per heavy atom. The molecular formula is C6H8O. The Bertz CT molecular complexity index is 103. The number of allylic oxidation sites excluding steroid dienone is 2. The average Bonchev–Trinajstić information content (AvgIpc) is 1.69. The van der Waals surface area contributed by atoms with Crippen LogP contribution >= 0.6 is 0 Å². The highest BCUT2D eigenvalue weighted by Gasteiger charge is 1.95. The van der Waals surface area contributed by atoms with Crippen LogP contribution in [0.25, 0.3) is 0 Å². The second-order valence-electron chi connectivity index (χ2n) is 1.62. The molecule has 0 saturated carbocycles. The van der Waals surface area contributed by atoms with E-state index in [9.17, 15) is 0 Å². The maximum absolute atomic E-state index is 8.77. The van der Waals surface area contributed by atoms with Gasteiger partial charge >= 0.3 is 0 Å². The topological polar surface area (TPSA) is 20.2 Å². The Hall–Kier alpha value is -0.560. The Balaban J connectivity index is 2.49. The van der Waals surface area contributed by atoms with Gasteiger partial charge in [-0.2, -0.15) is 0 Å². The van der Waals surface area contributed by atoms with Crippen LogP contribution in [-0.2, 0) is 0 Å². The van der Waals surface area contributed by atoms with Crippen molar-refractivity contribution in [2.24, 2.45) is 0 Å². The molecule has 0 amide bonds. The first-order valence-electron chi connectivity index (χ1n) is 2.41. The molecule has 1 N–H and O–H groups in total. The van der Waals surface area contributed by atoms with Gasteiger partial charge in [0.1, 0.15) is 0 Å². The summed E-state index contributed by atoms with van der Waals surface area (Å²) in [4.78, 5) is 0. The fourth-order valence-corrected chi connectivity index (χ4v) is 0.568. The van der Waals surface area contributed by atoms with Crippen LogP contribution in [0.1, 0.15) is 6.42 Å². The first-order chi connectivity index (χ1) is 3.39. The Kier molecular flexibility index (Phi) is 1.27. The zero-order valence-electron chi connectivity index (χ0n) is 4.04. The summed E-state index contributed by atoms with van der Waals surface area (Å²) >= 11 is 0. The van der Waals surface area contributed by atoms with Crippen LogP contribution in [0.3, 0.4) is 0 Å². The van der Waals surface area contributed by atoms with Gasteiger partial charge in [0, 0.05) is 0 Å². The van der Waals surface area contributed by atoms with Gasteiger partial charge in [-0.3, -0.25) is 0 Å². The highest BCUT2D eigenvalue weighted by Crippen LogP contribution is 2.00. The number of aliphatic hydroxyl groups excluding tert-OH is 1. The summed E-state index contributed by atoms with van der Waals surface area (Å²) in [6, 6.07) is 0. The molecule has 1 rings (SSSR count). The van der Waals surface area contributed by atoms with Gasteiger partial charge in [0.25, 0.3) is 0 Å². The molecule has 1 atom stereocenters. The second-order valence-corrected chi connectivity index (χ2v) is 1.62. The lowest BCUT2D eigenvalue weighted by molar-refractivity contribution is 0.225. The largest absolute Gasteiger partial charge is 0.389 e. The minimum atomic E-state index is -0.231. The normalized spacial score (nSPS) is 28.4. The smallest absolute Gasteiger partial charge is 0.0758 e. The fourth-order valence-electron chi connectivity index (χ4n) is 0.568. The number of rotatable bonds is 0. The zero-order chi connectivity index (χ0) is 5.11. The molecule has 0 radical (unpaired) electrons. The van der Waals surface area contributed by atoms with Crippen LogP contribution in [0.15, 0.2) is 24.3 Å². The molecule has 1 heteroatoms. The Labute approximate surface area is 43.0 Å². The SMILES string of the molecule is O[C@@H]1C=CC=CC1. The molecule has 0 fully saturated rings. The molecule has 1 aliphatic carbocycles. The second kappa shape index (κ2) is 1.94. The van der Waals surface area contributed by atoms with E-state index in [0.717, 1.165) is 6.42 Å². The third kappa shape index (κ3) is 1.16. The molecule has 1 nitrogen and oxygen atoms in total. The number of hydrogen-bond acceptors (Lipinski definition) is 1. The predicted octanol–water partition coefficient (Wildman–Crippen LogP) is 0.863. The van der Waals surface area contributed by atoms with Crippen LogP contribution in [0, 0.1) is 0 Å². The summed E-state index contributed by atoms with van der Waals surface area (Å²) in [5.41, 5.74) is 0. The van der Waals surface area contributed by atoms with Crippen molar-refractivity contribution in [3.8, 4) is 0 Å². The van der Waals surface area contributed by atoms with E-state index in [2.05, 4.69) is 0 Å². The minimum absolute atomic E-state index is 0.231. The maximum Gasteiger partial charge on any atom is 0.0758 e. The molecule has 0 unspecified atom stereocenters. The molecule has 0 aromatic carbocycles. The van der Waals surface area contributed by atoms with Crippen molar-refractivity contribution in [1.29, 1.82) is 0 Å². The number of aliphatic hydroxyl groups is 1. The van der Waals surface area contributed by atoms with Crippen LogP contribution in [0.2, 0.25) is 0 Å². The molecule has 0 aromatic heterocycles. The lowest BCUT2D eigenvalue weighted by atomic mass is 10.1. The zero-order valence-corrected chi connectivity index (χ0v) is 4.04. The standard InChI is InChI=1S/C6H8O/c7-6-4-2-1-3-5-6/h1-4,6-7H,5H2/t6-/m1/s1. The Morgan fingerprint density at radius 2 is 2.29 bits per heavy atom. The highest BCUT2D eigenvalue weighted by atomic mass is 16.3. The van der Waals surface area contributed by atoms with Gasteiger partial charge in [0.05, 0.1) is 6.10 Å². The monoisotopic (exact) mass is 96.1 g/mol. The van der Waals surface area contributed by atoms with E-state index in [-0.39, 0.29) is 6.10 Å². The molecule has 0 aromatic rings. The maximum atomic E-state index is 8.77. The molecule has 38 valence electrons. The van der Waals surface area contributed by atoms with Crippen molar-refractivity contribution >= 4 is 0 Å². The summed E-state index contributed by atoms with van der Waals surface area (Å²) in [6.07, 6.45) is 8.06. The van der Waals surface area contributed by atoms with Gasteiger partial charge in [-0.25, -0.2) is 0 Å². The van der Waals surface area contributed by atoms with Crippen molar-refractivity contribution in [2.75, 3.05) is 0 Å². The van der Waals surface area contributed by atoms with E-state index >= 15 is 0 Å². The van der Waals surface area contributed by atoms with E-state index in [4.69, 9.17) is 5.11 Å². The lowest BCUT2D eigenvalue weighted by Crippen LogP contribution is -2.00. The molecule has 0 heterocycles. The van der Waals surface area contributed by atoms with E-state index in [1.165, 1.54) is 0 Å².